The van der Waals surface area contributed by atoms with Crippen LogP contribution in [0.3, 0.4) is 0 Å². The minimum Gasteiger partial charge on any atom is -0.466 e. The van der Waals surface area contributed by atoms with Gasteiger partial charge in [-0.1, -0.05) is 91.4 Å². The molecule has 0 saturated carbocycles. The van der Waals surface area contributed by atoms with Crippen LogP contribution in [0.4, 0.5) is 4.79 Å². The molecule has 0 aromatic heterocycles. The highest BCUT2D eigenvalue weighted by molar-refractivity contribution is 5.72. The Morgan fingerprint density at radius 2 is 1.38 bits per heavy atom. The quantitative estimate of drug-likeness (QED) is 0.187. The van der Waals surface area contributed by atoms with E-state index in [0.717, 1.165) is 38.5 Å². The normalized spacial score (nSPS) is 13.0. The third-order valence-corrected chi connectivity index (χ3v) is 5.34. The number of alkyl carbamates (subject to hydrolysis) is 1. The van der Waals surface area contributed by atoms with Crippen LogP contribution in [0.25, 0.3) is 0 Å². The predicted octanol–water partition coefficient (Wildman–Crippen LogP) is 6.78. The molecule has 5 nitrogen and oxygen atoms in total. The van der Waals surface area contributed by atoms with Gasteiger partial charge in [-0.2, -0.15) is 0 Å². The number of nitrogens with one attached hydrogen (secondary N) is 1. The molecular weight excluding hydrogens is 366 g/mol. The SMILES string of the molecule is CCCCCCCCCCCOC(=O)CC(C)NC(=O)OCC(CC)CCCC. The van der Waals surface area contributed by atoms with E-state index in [0.29, 0.717) is 19.1 Å². The summed E-state index contributed by atoms with van der Waals surface area (Å²) >= 11 is 0. The Bertz CT molecular complexity index is 400. The highest BCUT2D eigenvalue weighted by atomic mass is 16.5. The Labute approximate surface area is 179 Å². The Hall–Kier alpha value is -1.26. The topological polar surface area (TPSA) is 64.6 Å². The molecule has 0 saturated heterocycles. The molecule has 0 aliphatic rings. The molecule has 5 heteroatoms. The third kappa shape index (κ3) is 18.5. The van der Waals surface area contributed by atoms with E-state index in [-0.39, 0.29) is 18.4 Å². The first-order valence-corrected chi connectivity index (χ1v) is 12.1. The van der Waals surface area contributed by atoms with E-state index in [4.69, 9.17) is 9.47 Å². The maximum atomic E-state index is 11.9. The number of hydrogen-bond donors (Lipinski definition) is 1. The minimum absolute atomic E-state index is 0.180. The molecule has 1 amide bonds. The van der Waals surface area contributed by atoms with E-state index in [2.05, 4.69) is 26.1 Å². The summed E-state index contributed by atoms with van der Waals surface area (Å²) in [7, 11) is 0. The van der Waals surface area contributed by atoms with Gasteiger partial charge in [0.05, 0.1) is 19.6 Å². The molecule has 0 aliphatic carbocycles. The summed E-state index contributed by atoms with van der Waals surface area (Å²) in [5.41, 5.74) is 0. The monoisotopic (exact) mass is 413 g/mol. The number of unbranched alkanes of at least 4 members (excludes halogenated alkanes) is 9. The minimum atomic E-state index is -0.445. The smallest absolute Gasteiger partial charge is 0.407 e. The van der Waals surface area contributed by atoms with Crippen LogP contribution >= 0.6 is 0 Å². The molecule has 0 bridgehead atoms. The summed E-state index contributed by atoms with van der Waals surface area (Å²) in [6, 6.07) is -0.283. The number of rotatable bonds is 19. The number of esters is 1. The van der Waals surface area contributed by atoms with E-state index < -0.39 is 6.09 Å². The largest absolute Gasteiger partial charge is 0.466 e. The fourth-order valence-corrected chi connectivity index (χ4v) is 3.29. The van der Waals surface area contributed by atoms with Gasteiger partial charge < -0.3 is 14.8 Å². The third-order valence-electron chi connectivity index (χ3n) is 5.34. The Morgan fingerprint density at radius 3 is 1.97 bits per heavy atom. The van der Waals surface area contributed by atoms with Gasteiger partial charge in [0.15, 0.2) is 0 Å². The summed E-state index contributed by atoms with van der Waals surface area (Å²) in [4.78, 5) is 23.8. The average molecular weight is 414 g/mol. The molecule has 0 rings (SSSR count). The van der Waals surface area contributed by atoms with Crippen LogP contribution in [0.1, 0.15) is 118 Å². The number of hydrogen-bond acceptors (Lipinski definition) is 4. The van der Waals surface area contributed by atoms with Crippen LogP contribution < -0.4 is 5.32 Å². The summed E-state index contributed by atoms with van der Waals surface area (Å²) in [5.74, 6) is 0.157. The van der Waals surface area contributed by atoms with E-state index in [9.17, 15) is 9.59 Å². The Morgan fingerprint density at radius 1 is 0.793 bits per heavy atom. The van der Waals surface area contributed by atoms with Crippen molar-refractivity contribution in [3.8, 4) is 0 Å². The second-order valence-electron chi connectivity index (χ2n) is 8.31. The molecule has 0 spiro atoms. The molecule has 0 aromatic carbocycles. The lowest BCUT2D eigenvalue weighted by Gasteiger charge is -2.17. The van der Waals surface area contributed by atoms with Gasteiger partial charge in [0.2, 0.25) is 0 Å². The fraction of sp³-hybridized carbons (Fsp3) is 0.917. The van der Waals surface area contributed by atoms with Crippen LogP contribution in [0.15, 0.2) is 0 Å². The zero-order valence-electron chi connectivity index (χ0n) is 19.6. The maximum absolute atomic E-state index is 11.9. The average Bonchev–Trinajstić information content (AvgIpc) is 2.69. The predicted molar refractivity (Wildman–Crippen MR) is 120 cm³/mol. The molecule has 2 atom stereocenters. The first kappa shape index (κ1) is 27.7. The van der Waals surface area contributed by atoms with Crippen molar-refractivity contribution >= 4 is 12.1 Å². The summed E-state index contributed by atoms with van der Waals surface area (Å²) in [6.45, 7) is 9.24. The van der Waals surface area contributed by atoms with E-state index >= 15 is 0 Å². The summed E-state index contributed by atoms with van der Waals surface area (Å²) in [6.07, 6.45) is 15.3. The van der Waals surface area contributed by atoms with Crippen LogP contribution in [0, 0.1) is 5.92 Å². The van der Waals surface area contributed by atoms with Crippen molar-refractivity contribution < 1.29 is 19.1 Å². The van der Waals surface area contributed by atoms with Crippen molar-refractivity contribution in [2.75, 3.05) is 13.2 Å². The van der Waals surface area contributed by atoms with Crippen molar-refractivity contribution in [3.05, 3.63) is 0 Å². The van der Waals surface area contributed by atoms with E-state index in [1.54, 1.807) is 6.92 Å². The molecule has 0 radical (unpaired) electrons. The van der Waals surface area contributed by atoms with Gasteiger partial charge in [-0.05, 0) is 25.7 Å². The van der Waals surface area contributed by atoms with Crippen molar-refractivity contribution in [1.29, 1.82) is 0 Å². The summed E-state index contributed by atoms with van der Waals surface area (Å²) < 4.78 is 10.6. The number of amides is 1. The lowest BCUT2D eigenvalue weighted by Crippen LogP contribution is -2.35. The molecule has 0 fully saturated rings. The van der Waals surface area contributed by atoms with Gasteiger partial charge in [0, 0.05) is 6.04 Å². The highest BCUT2D eigenvalue weighted by Crippen LogP contribution is 2.13. The van der Waals surface area contributed by atoms with Gasteiger partial charge in [-0.3, -0.25) is 4.79 Å². The van der Waals surface area contributed by atoms with Gasteiger partial charge in [-0.25, -0.2) is 4.79 Å². The van der Waals surface area contributed by atoms with Crippen molar-refractivity contribution in [3.63, 3.8) is 0 Å². The molecule has 0 aromatic rings. The number of ether oxygens (including phenoxy) is 2. The first-order valence-electron chi connectivity index (χ1n) is 12.1. The zero-order chi connectivity index (χ0) is 21.7. The van der Waals surface area contributed by atoms with Gasteiger partial charge in [0.1, 0.15) is 0 Å². The second kappa shape index (κ2) is 20.0. The molecule has 1 N–H and O–H groups in total. The van der Waals surface area contributed by atoms with Crippen LogP contribution in [0.2, 0.25) is 0 Å². The van der Waals surface area contributed by atoms with Crippen molar-refractivity contribution in [2.45, 2.75) is 124 Å². The second-order valence-corrected chi connectivity index (χ2v) is 8.31. The summed E-state index contributed by atoms with van der Waals surface area (Å²) in [5, 5.41) is 2.72. The Balaban J connectivity index is 3.66. The van der Waals surface area contributed by atoms with Crippen molar-refractivity contribution in [1.82, 2.24) is 5.32 Å². The lowest BCUT2D eigenvalue weighted by molar-refractivity contribution is -0.144. The molecule has 0 heterocycles. The molecule has 172 valence electrons. The van der Waals surface area contributed by atoms with E-state index in [1.807, 2.05) is 0 Å². The van der Waals surface area contributed by atoms with Crippen LogP contribution in [-0.2, 0) is 14.3 Å². The number of carbonyl (C=O) groups is 2. The van der Waals surface area contributed by atoms with Crippen LogP contribution in [0.5, 0.6) is 0 Å². The van der Waals surface area contributed by atoms with Gasteiger partial charge in [0.25, 0.3) is 0 Å². The highest BCUT2D eigenvalue weighted by Gasteiger charge is 2.15. The van der Waals surface area contributed by atoms with Crippen molar-refractivity contribution in [2.24, 2.45) is 5.92 Å². The van der Waals surface area contributed by atoms with Gasteiger partial charge in [-0.15, -0.1) is 0 Å². The zero-order valence-corrected chi connectivity index (χ0v) is 19.6. The molecule has 2 unspecified atom stereocenters. The number of carbonyl (C=O) groups excluding carboxylic acids is 2. The lowest BCUT2D eigenvalue weighted by atomic mass is 10.0. The molecular formula is C24H47NO4. The fourth-order valence-electron chi connectivity index (χ4n) is 3.29. The van der Waals surface area contributed by atoms with Crippen LogP contribution in [-0.4, -0.2) is 31.3 Å². The van der Waals surface area contributed by atoms with E-state index in [1.165, 1.54) is 44.9 Å². The Kier molecular flexibility index (Phi) is 19.2. The maximum Gasteiger partial charge on any atom is 0.407 e. The molecule has 29 heavy (non-hydrogen) atoms. The van der Waals surface area contributed by atoms with Gasteiger partial charge >= 0.3 is 12.1 Å². The standard InChI is InChI=1S/C24H47NO4/c1-5-8-10-11-12-13-14-15-16-18-28-23(26)19-21(4)25-24(27)29-20-22(7-3)17-9-6-2/h21-22H,5-20H2,1-4H3,(H,25,27). The molecule has 0 aliphatic heterocycles. The first-order chi connectivity index (χ1) is 14.0.